The quantitative estimate of drug-likeness (QED) is 0.167. The van der Waals surface area contributed by atoms with Crippen LogP contribution >= 0.6 is 0 Å². The van der Waals surface area contributed by atoms with Crippen molar-refractivity contribution in [2.45, 2.75) is 33.1 Å². The maximum atomic E-state index is 5.50. The van der Waals surface area contributed by atoms with E-state index >= 15 is 0 Å². The highest BCUT2D eigenvalue weighted by Crippen LogP contribution is 2.52. The molecule has 0 saturated heterocycles. The third-order valence-corrected chi connectivity index (χ3v) is 14.7. The molecular weight excluding hydrogens is 861 g/mol. The van der Waals surface area contributed by atoms with Crippen LogP contribution in [0.3, 0.4) is 0 Å². The molecule has 0 fully saturated rings. The Morgan fingerprint density at radius 1 is 0.352 bits per heavy atom. The fourth-order valence-corrected chi connectivity index (χ4v) is 11.5. The molecule has 1 aliphatic rings. The minimum absolute atomic E-state index is 0.0645. The second-order valence-corrected chi connectivity index (χ2v) is 18.9. The molecule has 0 unspecified atom stereocenters. The van der Waals surface area contributed by atoms with E-state index in [1.54, 1.807) is 0 Å². The molecule has 13 aromatic rings. The Morgan fingerprint density at radius 2 is 0.873 bits per heavy atom. The van der Waals surface area contributed by atoms with E-state index in [9.17, 15) is 0 Å². The van der Waals surface area contributed by atoms with Crippen LogP contribution in [-0.2, 0) is 5.41 Å². The van der Waals surface area contributed by atoms with E-state index in [-0.39, 0.29) is 5.41 Å². The molecule has 0 amide bonds. The Labute approximate surface area is 413 Å². The van der Waals surface area contributed by atoms with Crippen LogP contribution < -0.4 is 0 Å². The Balaban J connectivity index is 0.00000243. The zero-order valence-electron chi connectivity index (χ0n) is 40.2. The van der Waals surface area contributed by atoms with E-state index in [2.05, 4.69) is 254 Å². The standard InChI is InChI=1S/C65H44N4.C2H6/c1-65(2)55-31-10-6-26-52(55)61-47(28-17-32-56(61)65)44-22-14-20-42(38-44)43-21-15-23-45(39-43)48-29-16-30-51-54-40-46(68-58-34-12-8-24-49(58)50-25-9-13-35-59(50)68)36-37-60(54)69(63(48)51)64-66-57-33-11-7-27-53(57)62(67-64)41-18-4-3-5-19-41;1-2/h3-40H,1-2H3;1-2H3. The van der Waals surface area contributed by atoms with Crippen molar-refractivity contribution in [1.29, 1.82) is 0 Å². The average Bonchev–Trinajstić information content (AvgIpc) is 4.04. The molecule has 71 heavy (non-hydrogen) atoms. The Hall–Kier alpha value is -8.86. The second kappa shape index (κ2) is 16.7. The van der Waals surface area contributed by atoms with Crippen molar-refractivity contribution >= 4 is 54.5 Å². The molecule has 0 bridgehead atoms. The Bertz CT molecular complexity index is 4170. The highest BCUT2D eigenvalue weighted by atomic mass is 15.2. The Morgan fingerprint density at radius 3 is 1.62 bits per heavy atom. The van der Waals surface area contributed by atoms with E-state index in [1.165, 1.54) is 60.8 Å². The van der Waals surface area contributed by atoms with Crippen LogP contribution in [0.4, 0.5) is 0 Å². The first kappa shape index (κ1) is 42.3. The first-order chi connectivity index (χ1) is 35.0. The van der Waals surface area contributed by atoms with Gasteiger partial charge in [-0.1, -0.05) is 210 Å². The van der Waals surface area contributed by atoms with Crippen molar-refractivity contribution in [3.05, 3.63) is 242 Å². The van der Waals surface area contributed by atoms with Crippen molar-refractivity contribution in [3.8, 4) is 67.4 Å². The van der Waals surface area contributed by atoms with Crippen LogP contribution in [0.2, 0.25) is 0 Å². The molecule has 10 aromatic carbocycles. The summed E-state index contributed by atoms with van der Waals surface area (Å²) in [7, 11) is 0. The van der Waals surface area contributed by atoms with E-state index in [1.807, 2.05) is 13.8 Å². The van der Waals surface area contributed by atoms with Gasteiger partial charge in [0.05, 0.1) is 33.3 Å². The molecule has 338 valence electrons. The maximum absolute atomic E-state index is 5.50. The number of aromatic nitrogens is 4. The Kier molecular flexibility index (Phi) is 9.93. The third kappa shape index (κ3) is 6.59. The predicted octanol–water partition coefficient (Wildman–Crippen LogP) is 17.8. The molecule has 4 nitrogen and oxygen atoms in total. The lowest BCUT2D eigenvalue weighted by molar-refractivity contribution is 0.660. The zero-order valence-corrected chi connectivity index (χ0v) is 40.2. The van der Waals surface area contributed by atoms with Crippen molar-refractivity contribution in [2.24, 2.45) is 0 Å². The monoisotopic (exact) mass is 910 g/mol. The van der Waals surface area contributed by atoms with Crippen LogP contribution in [0.5, 0.6) is 0 Å². The lowest BCUT2D eigenvalue weighted by atomic mass is 9.82. The van der Waals surface area contributed by atoms with Gasteiger partial charge in [0, 0.05) is 49.2 Å². The minimum atomic E-state index is -0.0645. The molecule has 0 spiro atoms. The van der Waals surface area contributed by atoms with E-state index < -0.39 is 0 Å². The number of fused-ring (bicyclic) bond motifs is 10. The summed E-state index contributed by atoms with van der Waals surface area (Å²) in [6.45, 7) is 8.70. The normalized spacial score (nSPS) is 12.6. The summed E-state index contributed by atoms with van der Waals surface area (Å²) in [6.07, 6.45) is 0. The molecule has 4 heteroatoms. The van der Waals surface area contributed by atoms with Crippen molar-refractivity contribution in [2.75, 3.05) is 0 Å². The van der Waals surface area contributed by atoms with Gasteiger partial charge in [0.15, 0.2) is 0 Å². The van der Waals surface area contributed by atoms with Crippen LogP contribution in [0.15, 0.2) is 231 Å². The van der Waals surface area contributed by atoms with Gasteiger partial charge in [0.2, 0.25) is 5.95 Å². The number of hydrogen-bond donors (Lipinski definition) is 0. The molecule has 0 atom stereocenters. The van der Waals surface area contributed by atoms with Gasteiger partial charge < -0.3 is 4.57 Å². The highest BCUT2D eigenvalue weighted by Gasteiger charge is 2.36. The van der Waals surface area contributed by atoms with E-state index in [4.69, 9.17) is 9.97 Å². The second-order valence-electron chi connectivity index (χ2n) is 18.9. The summed E-state index contributed by atoms with van der Waals surface area (Å²) in [5, 5.41) is 5.77. The number of nitrogens with zero attached hydrogens (tertiary/aromatic N) is 4. The number of benzene rings is 10. The smallest absolute Gasteiger partial charge is 0.235 e. The first-order valence-corrected chi connectivity index (χ1v) is 24.8. The highest BCUT2D eigenvalue weighted by molar-refractivity contribution is 6.15. The molecule has 0 aliphatic heterocycles. The molecule has 14 rings (SSSR count). The van der Waals surface area contributed by atoms with Gasteiger partial charge in [-0.15, -0.1) is 0 Å². The summed E-state index contributed by atoms with van der Waals surface area (Å²) >= 11 is 0. The molecule has 0 saturated carbocycles. The van der Waals surface area contributed by atoms with Crippen LogP contribution in [0.1, 0.15) is 38.8 Å². The van der Waals surface area contributed by atoms with Gasteiger partial charge in [0.1, 0.15) is 0 Å². The molecule has 3 heterocycles. The van der Waals surface area contributed by atoms with Gasteiger partial charge in [0.25, 0.3) is 0 Å². The van der Waals surface area contributed by atoms with Crippen LogP contribution in [0.25, 0.3) is 122 Å². The fraction of sp³-hybridized carbons (Fsp3) is 0.0746. The largest absolute Gasteiger partial charge is 0.309 e. The minimum Gasteiger partial charge on any atom is -0.309 e. The van der Waals surface area contributed by atoms with Gasteiger partial charge in [-0.2, -0.15) is 0 Å². The fourth-order valence-electron chi connectivity index (χ4n) is 11.5. The van der Waals surface area contributed by atoms with Gasteiger partial charge >= 0.3 is 0 Å². The number of hydrogen-bond acceptors (Lipinski definition) is 2. The third-order valence-electron chi connectivity index (χ3n) is 14.7. The van der Waals surface area contributed by atoms with Crippen LogP contribution in [0, 0.1) is 0 Å². The van der Waals surface area contributed by atoms with E-state index in [0.717, 1.165) is 66.3 Å². The maximum Gasteiger partial charge on any atom is 0.235 e. The van der Waals surface area contributed by atoms with Gasteiger partial charge in [-0.05, 0) is 98.6 Å². The van der Waals surface area contributed by atoms with Crippen molar-refractivity contribution < 1.29 is 0 Å². The summed E-state index contributed by atoms with van der Waals surface area (Å²) in [4.78, 5) is 10.9. The van der Waals surface area contributed by atoms with Crippen molar-refractivity contribution in [3.63, 3.8) is 0 Å². The molecule has 0 N–H and O–H groups in total. The first-order valence-electron chi connectivity index (χ1n) is 24.8. The average molecular weight is 911 g/mol. The van der Waals surface area contributed by atoms with Gasteiger partial charge in [-0.3, -0.25) is 4.57 Å². The number of para-hydroxylation sites is 4. The molecule has 3 aromatic heterocycles. The van der Waals surface area contributed by atoms with E-state index in [0.29, 0.717) is 5.95 Å². The summed E-state index contributed by atoms with van der Waals surface area (Å²) in [6, 6.07) is 83.7. The molecule has 0 radical (unpaired) electrons. The SMILES string of the molecule is CC.CC1(C)c2ccccc2-c2c(-c3cccc(-c4cccc(-c5cccc6c7cc(-n8c9ccccc9c9ccccc98)ccc7n(-c7nc(-c8ccccc8)c8ccccc8n7)c56)c4)c3)cccc21. The lowest BCUT2D eigenvalue weighted by Crippen LogP contribution is -2.14. The van der Waals surface area contributed by atoms with Gasteiger partial charge in [-0.25, -0.2) is 9.97 Å². The zero-order chi connectivity index (χ0) is 47.8. The van der Waals surface area contributed by atoms with Crippen molar-refractivity contribution in [1.82, 2.24) is 19.1 Å². The van der Waals surface area contributed by atoms with Crippen LogP contribution in [-0.4, -0.2) is 19.1 Å². The summed E-state index contributed by atoms with van der Waals surface area (Å²) < 4.78 is 4.70. The summed E-state index contributed by atoms with van der Waals surface area (Å²) in [5.41, 5.74) is 20.8. The predicted molar refractivity (Wildman–Crippen MR) is 299 cm³/mol. The summed E-state index contributed by atoms with van der Waals surface area (Å²) in [5.74, 6) is 0.633. The molecular formula is C67H50N4. The lowest BCUT2D eigenvalue weighted by Gasteiger charge is -2.21. The number of rotatable bonds is 6. The molecule has 1 aliphatic carbocycles. The topological polar surface area (TPSA) is 35.6 Å².